The molecule has 3 unspecified atom stereocenters. The average Bonchev–Trinajstić information content (AvgIpc) is 2.85. The first-order valence-corrected chi connectivity index (χ1v) is 8.81. The Labute approximate surface area is 140 Å². The van der Waals surface area contributed by atoms with Crippen LogP contribution in [0.5, 0.6) is 0 Å². The zero-order chi connectivity index (χ0) is 16.9. The molecule has 0 aromatic heterocycles. The highest BCUT2D eigenvalue weighted by Gasteiger charge is 2.33. The van der Waals surface area contributed by atoms with E-state index in [9.17, 15) is 4.79 Å². The first-order chi connectivity index (χ1) is 10.9. The fourth-order valence-electron chi connectivity index (χ4n) is 3.43. The number of rotatable bonds is 7. The second kappa shape index (κ2) is 8.31. The molecule has 2 aliphatic rings. The number of methoxy groups -OCH3 is 1. The molecule has 6 heteroatoms. The van der Waals surface area contributed by atoms with Gasteiger partial charge in [-0.05, 0) is 52.6 Å². The van der Waals surface area contributed by atoms with Gasteiger partial charge in [0, 0.05) is 39.3 Å². The quantitative estimate of drug-likeness (QED) is 0.769. The summed E-state index contributed by atoms with van der Waals surface area (Å²) in [5.41, 5.74) is -0.466. The summed E-state index contributed by atoms with van der Waals surface area (Å²) in [4.78, 5) is 16.6. The van der Waals surface area contributed by atoms with Crippen molar-refractivity contribution in [3.8, 4) is 0 Å². The molecule has 1 N–H and O–H groups in total. The number of carbonyl (C=O) groups excluding carboxylic acids is 1. The van der Waals surface area contributed by atoms with Crippen LogP contribution in [-0.2, 0) is 9.47 Å². The molecule has 0 radical (unpaired) electrons. The molecule has 0 saturated carbocycles. The van der Waals surface area contributed by atoms with Crippen molar-refractivity contribution in [2.45, 2.75) is 45.3 Å². The number of ether oxygens (including phenoxy) is 2. The van der Waals surface area contributed by atoms with Crippen molar-refractivity contribution >= 4 is 6.09 Å². The van der Waals surface area contributed by atoms with Crippen LogP contribution in [-0.4, -0.2) is 80.5 Å². The standard InChI is InChI=1S/C17H33N3O3/c1-17(2,3)23-16(21)20(11-12-22-4)10-7-18-15-6-9-19-8-5-14(15)13-19/h14-15,18H,5-13H2,1-4H3. The van der Waals surface area contributed by atoms with Gasteiger partial charge in [0.05, 0.1) is 6.61 Å². The number of nitrogens with zero attached hydrogens (tertiary/aromatic N) is 2. The Morgan fingerprint density at radius 1 is 1.26 bits per heavy atom. The van der Waals surface area contributed by atoms with Gasteiger partial charge in [-0.1, -0.05) is 0 Å². The molecular weight excluding hydrogens is 294 g/mol. The Bertz CT molecular complexity index is 384. The van der Waals surface area contributed by atoms with E-state index < -0.39 is 5.60 Å². The molecule has 2 rings (SSSR count). The van der Waals surface area contributed by atoms with E-state index in [0.717, 1.165) is 12.5 Å². The number of piperidine rings is 1. The van der Waals surface area contributed by atoms with Crippen LogP contribution in [0.15, 0.2) is 0 Å². The normalized spacial score (nSPS) is 27.0. The molecule has 2 bridgehead atoms. The van der Waals surface area contributed by atoms with Crippen LogP contribution in [0.25, 0.3) is 0 Å². The Kier molecular flexibility index (Phi) is 6.68. The molecule has 2 fully saturated rings. The minimum atomic E-state index is -0.466. The summed E-state index contributed by atoms with van der Waals surface area (Å²) in [6, 6.07) is 0.594. The Morgan fingerprint density at radius 2 is 2.00 bits per heavy atom. The first-order valence-electron chi connectivity index (χ1n) is 8.81. The van der Waals surface area contributed by atoms with Crippen LogP contribution in [0.4, 0.5) is 4.79 Å². The number of amides is 1. The lowest BCUT2D eigenvalue weighted by Gasteiger charge is -2.32. The molecule has 2 aliphatic heterocycles. The third-order valence-corrected chi connectivity index (χ3v) is 4.64. The summed E-state index contributed by atoms with van der Waals surface area (Å²) < 4.78 is 10.6. The van der Waals surface area contributed by atoms with E-state index in [1.807, 2.05) is 20.8 Å². The summed E-state index contributed by atoms with van der Waals surface area (Å²) in [7, 11) is 1.65. The van der Waals surface area contributed by atoms with Crippen LogP contribution in [0.1, 0.15) is 33.6 Å². The number of hydrogen-bond donors (Lipinski definition) is 1. The molecule has 2 heterocycles. The maximum absolute atomic E-state index is 12.3. The van der Waals surface area contributed by atoms with Gasteiger partial charge >= 0.3 is 6.09 Å². The second-order valence-electron chi connectivity index (χ2n) is 7.66. The molecule has 0 spiro atoms. The van der Waals surface area contributed by atoms with E-state index in [4.69, 9.17) is 9.47 Å². The van der Waals surface area contributed by atoms with E-state index in [1.165, 1.54) is 32.5 Å². The number of nitrogens with one attached hydrogen (secondary N) is 1. The SMILES string of the molecule is COCCN(CCNC1CCN2CCC1C2)C(=O)OC(C)(C)C. The minimum Gasteiger partial charge on any atom is -0.444 e. The molecule has 2 saturated heterocycles. The molecule has 134 valence electrons. The van der Waals surface area contributed by atoms with Crippen LogP contribution in [0.2, 0.25) is 0 Å². The van der Waals surface area contributed by atoms with Gasteiger partial charge in [-0.25, -0.2) is 4.79 Å². The molecule has 3 atom stereocenters. The van der Waals surface area contributed by atoms with Crippen molar-refractivity contribution in [1.82, 2.24) is 15.1 Å². The highest BCUT2D eigenvalue weighted by molar-refractivity contribution is 5.68. The van der Waals surface area contributed by atoms with Gasteiger partial charge in [0.15, 0.2) is 0 Å². The van der Waals surface area contributed by atoms with Crippen molar-refractivity contribution in [1.29, 1.82) is 0 Å². The van der Waals surface area contributed by atoms with Gasteiger partial charge in [0.25, 0.3) is 0 Å². The smallest absolute Gasteiger partial charge is 0.410 e. The lowest BCUT2D eigenvalue weighted by Crippen LogP contribution is -2.47. The first kappa shape index (κ1) is 18.5. The van der Waals surface area contributed by atoms with Crippen molar-refractivity contribution < 1.29 is 14.3 Å². The summed E-state index contributed by atoms with van der Waals surface area (Å²) in [6.45, 7) is 11.9. The van der Waals surface area contributed by atoms with E-state index in [2.05, 4.69) is 10.2 Å². The summed E-state index contributed by atoms with van der Waals surface area (Å²) in [5, 5.41) is 3.66. The highest BCUT2D eigenvalue weighted by Crippen LogP contribution is 2.26. The molecule has 0 aromatic rings. The Morgan fingerprint density at radius 3 is 2.70 bits per heavy atom. The monoisotopic (exact) mass is 327 g/mol. The predicted octanol–water partition coefficient (Wildman–Crippen LogP) is 1.55. The summed E-state index contributed by atoms with van der Waals surface area (Å²) in [5.74, 6) is 0.776. The largest absolute Gasteiger partial charge is 0.444 e. The zero-order valence-electron chi connectivity index (χ0n) is 15.1. The van der Waals surface area contributed by atoms with Crippen molar-refractivity contribution in [2.75, 3.05) is 53.0 Å². The van der Waals surface area contributed by atoms with Gasteiger partial charge < -0.3 is 24.6 Å². The maximum atomic E-state index is 12.3. The topological polar surface area (TPSA) is 54.0 Å². The molecule has 0 aromatic carbocycles. The highest BCUT2D eigenvalue weighted by atomic mass is 16.6. The second-order valence-corrected chi connectivity index (χ2v) is 7.66. The van der Waals surface area contributed by atoms with E-state index >= 15 is 0 Å². The third kappa shape index (κ3) is 5.94. The maximum Gasteiger partial charge on any atom is 0.410 e. The summed E-state index contributed by atoms with van der Waals surface area (Å²) in [6.07, 6.45) is 2.26. The van der Waals surface area contributed by atoms with Gasteiger partial charge in [-0.2, -0.15) is 0 Å². The van der Waals surface area contributed by atoms with Gasteiger partial charge in [0.1, 0.15) is 5.60 Å². The fourth-order valence-corrected chi connectivity index (χ4v) is 3.43. The van der Waals surface area contributed by atoms with Gasteiger partial charge in [0.2, 0.25) is 0 Å². The molecule has 6 nitrogen and oxygen atoms in total. The van der Waals surface area contributed by atoms with E-state index in [0.29, 0.717) is 25.7 Å². The van der Waals surface area contributed by atoms with Crippen LogP contribution in [0, 0.1) is 5.92 Å². The lowest BCUT2D eigenvalue weighted by atomic mass is 9.94. The van der Waals surface area contributed by atoms with Crippen molar-refractivity contribution in [3.63, 3.8) is 0 Å². The third-order valence-electron chi connectivity index (χ3n) is 4.64. The van der Waals surface area contributed by atoms with Gasteiger partial charge in [-0.3, -0.25) is 0 Å². The number of fused-ring (bicyclic) bond motifs is 2. The number of hydrogen-bond acceptors (Lipinski definition) is 5. The van der Waals surface area contributed by atoms with Gasteiger partial charge in [-0.15, -0.1) is 0 Å². The summed E-state index contributed by atoms with van der Waals surface area (Å²) >= 11 is 0. The fraction of sp³-hybridized carbons (Fsp3) is 0.941. The number of carbonyl (C=O) groups is 1. The van der Waals surface area contributed by atoms with E-state index in [1.54, 1.807) is 12.0 Å². The van der Waals surface area contributed by atoms with Crippen molar-refractivity contribution in [3.05, 3.63) is 0 Å². The average molecular weight is 327 g/mol. The molecule has 23 heavy (non-hydrogen) atoms. The minimum absolute atomic E-state index is 0.257. The predicted molar refractivity (Wildman–Crippen MR) is 90.6 cm³/mol. The molecular formula is C17H33N3O3. The zero-order valence-corrected chi connectivity index (χ0v) is 15.1. The van der Waals surface area contributed by atoms with Crippen LogP contribution in [0.3, 0.4) is 0 Å². The Hall–Kier alpha value is -0.850. The lowest BCUT2D eigenvalue weighted by molar-refractivity contribution is 0.0201. The molecule has 0 aliphatic carbocycles. The van der Waals surface area contributed by atoms with E-state index in [-0.39, 0.29) is 6.09 Å². The molecule has 1 amide bonds. The van der Waals surface area contributed by atoms with Crippen LogP contribution >= 0.6 is 0 Å². The Balaban J connectivity index is 1.77. The van der Waals surface area contributed by atoms with Crippen molar-refractivity contribution in [2.24, 2.45) is 5.92 Å². The van der Waals surface area contributed by atoms with Crippen LogP contribution < -0.4 is 5.32 Å².